The summed E-state index contributed by atoms with van der Waals surface area (Å²) in [5, 5.41) is 11.1. The van der Waals surface area contributed by atoms with E-state index >= 15 is 0 Å². The summed E-state index contributed by atoms with van der Waals surface area (Å²) in [5.41, 5.74) is 4.29. The van der Waals surface area contributed by atoms with E-state index in [4.69, 9.17) is 9.47 Å². The summed E-state index contributed by atoms with van der Waals surface area (Å²) in [6, 6.07) is 0. The number of halogens is 1. The van der Waals surface area contributed by atoms with Crippen molar-refractivity contribution in [2.45, 2.75) is 131 Å². The molecule has 1 saturated heterocycles. The van der Waals surface area contributed by atoms with Crippen molar-refractivity contribution < 1.29 is 14.6 Å². The van der Waals surface area contributed by atoms with Crippen LogP contribution in [0.1, 0.15) is 121 Å². The summed E-state index contributed by atoms with van der Waals surface area (Å²) in [7, 11) is 0. The third-order valence-electron chi connectivity index (χ3n) is 9.17. The zero-order valence-corrected chi connectivity index (χ0v) is 26.5. The molecular formula is C33H58ClNO3. The Hall–Kier alpha value is -0.970. The highest BCUT2D eigenvalue weighted by Gasteiger charge is 2.35. The number of benzene rings is 1. The van der Waals surface area contributed by atoms with Crippen LogP contribution in [0.5, 0.6) is 11.5 Å². The van der Waals surface area contributed by atoms with Gasteiger partial charge in [-0.1, -0.05) is 72.6 Å². The number of nitrogens with zero attached hydrogens (tertiary/aromatic N) is 1. The maximum Gasteiger partial charge on any atom is 0.127 e. The number of aromatic hydroxyl groups is 1. The molecule has 0 unspecified atom stereocenters. The van der Waals surface area contributed by atoms with Crippen molar-refractivity contribution in [2.75, 3.05) is 26.3 Å². The van der Waals surface area contributed by atoms with E-state index in [1.165, 1.54) is 56.9 Å². The molecule has 5 heteroatoms. The average molecular weight is 552 g/mol. The van der Waals surface area contributed by atoms with E-state index in [0.29, 0.717) is 5.75 Å². The number of phenolic OH excluding ortho intramolecular Hbond substituents is 1. The number of morpholine rings is 1. The maximum absolute atomic E-state index is 11.1. The first-order valence-electron chi connectivity index (χ1n) is 15.4. The third kappa shape index (κ3) is 9.59. The van der Waals surface area contributed by atoms with E-state index < -0.39 is 0 Å². The van der Waals surface area contributed by atoms with Gasteiger partial charge in [0.2, 0.25) is 0 Å². The van der Waals surface area contributed by atoms with Gasteiger partial charge in [0.25, 0.3) is 0 Å². The second-order valence-electron chi connectivity index (χ2n) is 13.2. The summed E-state index contributed by atoms with van der Waals surface area (Å²) < 4.78 is 12.3. The van der Waals surface area contributed by atoms with Crippen LogP contribution in [0.3, 0.4) is 0 Å². The van der Waals surface area contributed by atoms with Crippen molar-refractivity contribution in [2.24, 2.45) is 17.8 Å². The molecule has 3 atom stereocenters. The van der Waals surface area contributed by atoms with E-state index in [0.717, 1.165) is 92.3 Å². The molecule has 220 valence electrons. The standard InChI is InChI=1S/C33H57NO3.ClH/c1-24(2)11-8-12-25(3)13-9-14-26(4)15-10-17-33(7)18-16-29-27(5)31(35)30(28(6)32(29)37-33)23-34-19-21-36-22-20-34;/h24-26,35H,8-23H2,1-7H3;1H/t25-,26-,33-;/m1./s1. The molecule has 0 amide bonds. The second-order valence-corrected chi connectivity index (χ2v) is 13.2. The lowest BCUT2D eigenvalue weighted by atomic mass is 9.83. The summed E-state index contributed by atoms with van der Waals surface area (Å²) >= 11 is 0. The Morgan fingerprint density at radius 2 is 1.45 bits per heavy atom. The molecule has 0 radical (unpaired) electrons. The van der Waals surface area contributed by atoms with E-state index in [1.807, 2.05) is 0 Å². The van der Waals surface area contributed by atoms with Crippen LogP contribution >= 0.6 is 12.4 Å². The average Bonchev–Trinajstić information content (AvgIpc) is 2.85. The van der Waals surface area contributed by atoms with Crippen LogP contribution in [0, 0.1) is 31.6 Å². The Kier molecular flexibility index (Phi) is 13.8. The van der Waals surface area contributed by atoms with Gasteiger partial charge in [-0.25, -0.2) is 0 Å². The Labute approximate surface area is 240 Å². The lowest BCUT2D eigenvalue weighted by Gasteiger charge is -2.39. The van der Waals surface area contributed by atoms with Gasteiger partial charge >= 0.3 is 0 Å². The quantitative estimate of drug-likeness (QED) is 0.251. The molecule has 2 aliphatic heterocycles. The fourth-order valence-corrected chi connectivity index (χ4v) is 6.36. The van der Waals surface area contributed by atoms with Gasteiger partial charge in [0.1, 0.15) is 17.1 Å². The number of rotatable bonds is 14. The van der Waals surface area contributed by atoms with Crippen LogP contribution in [0.2, 0.25) is 0 Å². The highest BCUT2D eigenvalue weighted by molar-refractivity contribution is 5.85. The molecule has 1 fully saturated rings. The number of fused-ring (bicyclic) bond motifs is 1. The molecule has 2 aliphatic rings. The molecule has 0 bridgehead atoms. The first-order valence-corrected chi connectivity index (χ1v) is 15.4. The van der Waals surface area contributed by atoms with Crippen LogP contribution in [0.25, 0.3) is 0 Å². The monoisotopic (exact) mass is 551 g/mol. The van der Waals surface area contributed by atoms with Gasteiger partial charge in [0.05, 0.1) is 13.2 Å². The van der Waals surface area contributed by atoms with Gasteiger partial charge in [0, 0.05) is 30.8 Å². The zero-order valence-electron chi connectivity index (χ0n) is 25.7. The van der Waals surface area contributed by atoms with Gasteiger partial charge in [-0.05, 0) is 75.3 Å². The third-order valence-corrected chi connectivity index (χ3v) is 9.17. The van der Waals surface area contributed by atoms with Crippen LogP contribution in [0.4, 0.5) is 0 Å². The minimum absolute atomic E-state index is 0. The summed E-state index contributed by atoms with van der Waals surface area (Å²) in [5.74, 6) is 4.03. The fraction of sp³-hybridized carbons (Fsp3) is 0.818. The largest absolute Gasteiger partial charge is 0.507 e. The fourth-order valence-electron chi connectivity index (χ4n) is 6.36. The molecule has 1 aromatic carbocycles. The first-order chi connectivity index (χ1) is 17.6. The lowest BCUT2D eigenvalue weighted by molar-refractivity contribution is 0.0332. The SMILES string of the molecule is Cc1c(O)c(CN2CCOCC2)c(C)c2c1CC[C@@](C)(CCC[C@H](C)CCC[C@H](C)CCCC(C)C)O2.Cl. The van der Waals surface area contributed by atoms with Crippen molar-refractivity contribution in [1.29, 1.82) is 0 Å². The van der Waals surface area contributed by atoms with Crippen LogP contribution in [-0.2, 0) is 17.7 Å². The van der Waals surface area contributed by atoms with Crippen molar-refractivity contribution in [3.63, 3.8) is 0 Å². The van der Waals surface area contributed by atoms with Gasteiger partial charge < -0.3 is 14.6 Å². The topological polar surface area (TPSA) is 41.9 Å². The number of hydrogen-bond acceptors (Lipinski definition) is 4. The Balaban J connectivity index is 0.00000507. The zero-order chi connectivity index (χ0) is 27.0. The number of phenols is 1. The smallest absolute Gasteiger partial charge is 0.127 e. The van der Waals surface area contributed by atoms with Gasteiger partial charge in [0.15, 0.2) is 0 Å². The molecule has 38 heavy (non-hydrogen) atoms. The molecular weight excluding hydrogens is 494 g/mol. The summed E-state index contributed by atoms with van der Waals surface area (Å²) in [6.07, 6.45) is 13.9. The van der Waals surface area contributed by atoms with Gasteiger partial charge in [-0.2, -0.15) is 0 Å². The number of hydrogen-bond donors (Lipinski definition) is 1. The lowest BCUT2D eigenvalue weighted by Crippen LogP contribution is -2.38. The van der Waals surface area contributed by atoms with Crippen molar-refractivity contribution in [1.82, 2.24) is 4.90 Å². The molecule has 3 rings (SSSR count). The molecule has 1 N–H and O–H groups in total. The first kappa shape index (κ1) is 33.2. The summed E-state index contributed by atoms with van der Waals surface area (Å²) in [4.78, 5) is 2.38. The van der Waals surface area contributed by atoms with Crippen LogP contribution in [-0.4, -0.2) is 41.9 Å². The van der Waals surface area contributed by atoms with Crippen molar-refractivity contribution >= 4 is 12.4 Å². The van der Waals surface area contributed by atoms with Crippen molar-refractivity contribution in [3.05, 3.63) is 22.3 Å². The maximum atomic E-state index is 11.1. The minimum atomic E-state index is -0.109. The molecule has 0 aliphatic carbocycles. The summed E-state index contributed by atoms with van der Waals surface area (Å²) in [6.45, 7) is 20.2. The minimum Gasteiger partial charge on any atom is -0.507 e. The Morgan fingerprint density at radius 3 is 2.05 bits per heavy atom. The predicted molar refractivity (Wildman–Crippen MR) is 163 cm³/mol. The van der Waals surface area contributed by atoms with Crippen molar-refractivity contribution in [3.8, 4) is 11.5 Å². The molecule has 0 saturated carbocycles. The Morgan fingerprint density at radius 1 is 0.868 bits per heavy atom. The van der Waals surface area contributed by atoms with E-state index in [2.05, 4.69) is 53.4 Å². The number of ether oxygens (including phenoxy) is 2. The van der Waals surface area contributed by atoms with Gasteiger partial charge in [-0.15, -0.1) is 12.4 Å². The normalized spacial score (nSPS) is 21.5. The highest BCUT2D eigenvalue weighted by atomic mass is 35.5. The van der Waals surface area contributed by atoms with E-state index in [9.17, 15) is 5.11 Å². The molecule has 0 spiro atoms. The molecule has 4 nitrogen and oxygen atoms in total. The van der Waals surface area contributed by atoms with E-state index in [-0.39, 0.29) is 18.0 Å². The van der Waals surface area contributed by atoms with E-state index in [1.54, 1.807) is 0 Å². The van der Waals surface area contributed by atoms with Crippen LogP contribution < -0.4 is 4.74 Å². The van der Waals surface area contributed by atoms with Crippen LogP contribution in [0.15, 0.2) is 0 Å². The highest BCUT2D eigenvalue weighted by Crippen LogP contribution is 2.45. The second kappa shape index (κ2) is 15.7. The van der Waals surface area contributed by atoms with Gasteiger partial charge in [-0.3, -0.25) is 4.90 Å². The molecule has 0 aromatic heterocycles. The molecule has 1 aromatic rings. The Bertz CT molecular complexity index is 851. The predicted octanol–water partition coefficient (Wildman–Crippen LogP) is 8.79. The molecule has 2 heterocycles.